The predicted octanol–water partition coefficient (Wildman–Crippen LogP) is 12.6. The van der Waals surface area contributed by atoms with Gasteiger partial charge in [-0.15, -0.1) is 0 Å². The third-order valence-corrected chi connectivity index (χ3v) is 14.4. The molecule has 0 amide bonds. The summed E-state index contributed by atoms with van der Waals surface area (Å²) in [6.07, 6.45) is 30.1. The first-order chi connectivity index (χ1) is 22.5. The molecule has 9 unspecified atom stereocenters. The lowest BCUT2D eigenvalue weighted by Crippen LogP contribution is -2.56. The number of esters is 1. The lowest BCUT2D eigenvalue weighted by Gasteiger charge is -2.60. The van der Waals surface area contributed by atoms with Crippen molar-refractivity contribution in [3.05, 3.63) is 23.8 Å². The van der Waals surface area contributed by atoms with Gasteiger partial charge in [0, 0.05) is 12.8 Å². The highest BCUT2D eigenvalue weighted by atomic mass is 16.5. The molecule has 4 aliphatic rings. The van der Waals surface area contributed by atoms with Gasteiger partial charge in [0.1, 0.15) is 6.10 Å². The summed E-state index contributed by atoms with van der Waals surface area (Å²) >= 11 is 0. The average Bonchev–Trinajstić information content (AvgIpc) is 3.41. The van der Waals surface area contributed by atoms with Crippen molar-refractivity contribution in [1.82, 2.24) is 0 Å². The highest BCUT2D eigenvalue weighted by Gasteiger charge is 2.62. The molecule has 0 heterocycles. The highest BCUT2D eigenvalue weighted by Crippen LogP contribution is 2.67. The average molecular weight is 653 g/mol. The summed E-state index contributed by atoms with van der Waals surface area (Å²) in [6.45, 7) is 18.5. The van der Waals surface area contributed by atoms with Gasteiger partial charge in [0.15, 0.2) is 0 Å². The molecule has 0 aromatic heterocycles. The fourth-order valence-electron chi connectivity index (χ4n) is 11.1. The van der Waals surface area contributed by atoms with E-state index in [1.807, 2.05) is 0 Å². The standard InChI is InChI=1S/C44H76O3/c1-8-9-10-11-12-13-14-15-16-17-18-19-20-21-42(46)47-36-28-29-43(6)35(30-36)24-25-37-39-27-26-38(34(5)23-22-33(4)32(2)3)44(39,7)41(45)31-40(37)43/h24,32,34,36-41,45H,4,8-23,25-31H2,1-3,5-7H3. The number of carbonyl (C=O) groups excluding carboxylic acids is 1. The number of hydrogen-bond acceptors (Lipinski definition) is 3. The van der Waals surface area contributed by atoms with E-state index in [4.69, 9.17) is 4.74 Å². The summed E-state index contributed by atoms with van der Waals surface area (Å²) < 4.78 is 6.09. The van der Waals surface area contributed by atoms with Crippen LogP contribution in [-0.4, -0.2) is 23.3 Å². The molecule has 3 fully saturated rings. The number of fused-ring (bicyclic) bond motifs is 5. The molecule has 3 heteroatoms. The van der Waals surface area contributed by atoms with E-state index in [2.05, 4.69) is 54.2 Å². The van der Waals surface area contributed by atoms with Crippen LogP contribution in [0.3, 0.4) is 0 Å². The summed E-state index contributed by atoms with van der Waals surface area (Å²) in [5.74, 6) is 3.64. The molecule has 3 nitrogen and oxygen atoms in total. The van der Waals surface area contributed by atoms with Crippen LogP contribution in [0.4, 0.5) is 0 Å². The van der Waals surface area contributed by atoms with E-state index >= 15 is 0 Å². The Bertz CT molecular complexity index is 1010. The van der Waals surface area contributed by atoms with Gasteiger partial charge < -0.3 is 9.84 Å². The first-order valence-corrected chi connectivity index (χ1v) is 20.8. The molecule has 0 radical (unpaired) electrons. The number of carbonyl (C=O) groups is 1. The van der Waals surface area contributed by atoms with Crippen LogP contribution >= 0.6 is 0 Å². The lowest BCUT2D eigenvalue weighted by atomic mass is 9.46. The third-order valence-electron chi connectivity index (χ3n) is 14.4. The molecule has 9 atom stereocenters. The van der Waals surface area contributed by atoms with Gasteiger partial charge in [0.2, 0.25) is 0 Å². The van der Waals surface area contributed by atoms with Crippen molar-refractivity contribution in [1.29, 1.82) is 0 Å². The predicted molar refractivity (Wildman–Crippen MR) is 199 cm³/mol. The van der Waals surface area contributed by atoms with Gasteiger partial charge in [-0.05, 0) is 104 Å². The first kappa shape index (κ1) is 38.7. The minimum Gasteiger partial charge on any atom is -0.462 e. The van der Waals surface area contributed by atoms with Crippen molar-refractivity contribution in [3.63, 3.8) is 0 Å². The van der Waals surface area contributed by atoms with Crippen molar-refractivity contribution in [3.8, 4) is 0 Å². The Balaban J connectivity index is 1.18. The molecule has 0 bridgehead atoms. The van der Waals surface area contributed by atoms with Gasteiger partial charge in [-0.2, -0.15) is 0 Å². The Morgan fingerprint density at radius 2 is 1.51 bits per heavy atom. The van der Waals surface area contributed by atoms with Crippen LogP contribution in [0, 0.1) is 46.3 Å². The molecular weight excluding hydrogens is 576 g/mol. The van der Waals surface area contributed by atoms with Crippen molar-refractivity contribution < 1.29 is 14.6 Å². The Hall–Kier alpha value is -1.09. The third kappa shape index (κ3) is 9.58. The second-order valence-corrected chi connectivity index (χ2v) is 17.7. The monoisotopic (exact) mass is 653 g/mol. The number of hydrogen-bond donors (Lipinski definition) is 1. The minimum absolute atomic E-state index is 0.0166. The smallest absolute Gasteiger partial charge is 0.306 e. The second-order valence-electron chi connectivity index (χ2n) is 17.7. The first-order valence-electron chi connectivity index (χ1n) is 20.8. The quantitative estimate of drug-likeness (QED) is 0.0808. The number of aliphatic hydroxyl groups excluding tert-OH is 1. The zero-order valence-corrected chi connectivity index (χ0v) is 31.9. The van der Waals surface area contributed by atoms with Crippen LogP contribution in [-0.2, 0) is 9.53 Å². The molecule has 0 spiro atoms. The van der Waals surface area contributed by atoms with Crippen LogP contribution in [0.5, 0.6) is 0 Å². The minimum atomic E-state index is -0.218. The van der Waals surface area contributed by atoms with Gasteiger partial charge in [-0.3, -0.25) is 4.79 Å². The maximum absolute atomic E-state index is 12.8. The number of ether oxygens (including phenoxy) is 1. The van der Waals surface area contributed by atoms with Gasteiger partial charge in [-0.25, -0.2) is 0 Å². The van der Waals surface area contributed by atoms with Gasteiger partial charge >= 0.3 is 5.97 Å². The van der Waals surface area contributed by atoms with Crippen LogP contribution in [0.1, 0.15) is 189 Å². The Kier molecular flexibility index (Phi) is 15.0. The molecule has 0 aromatic rings. The summed E-state index contributed by atoms with van der Waals surface area (Å²) in [5.41, 5.74) is 3.07. The van der Waals surface area contributed by atoms with Crippen LogP contribution in [0.2, 0.25) is 0 Å². The zero-order chi connectivity index (χ0) is 34.0. The van der Waals surface area contributed by atoms with Crippen LogP contribution in [0.25, 0.3) is 0 Å². The lowest BCUT2D eigenvalue weighted by molar-refractivity contribution is -0.154. The molecule has 4 rings (SSSR count). The molecule has 0 saturated heterocycles. The van der Waals surface area contributed by atoms with Gasteiger partial charge in [0.25, 0.3) is 0 Å². The van der Waals surface area contributed by atoms with Crippen LogP contribution in [0.15, 0.2) is 23.8 Å². The SMILES string of the molecule is C=C(CCC(C)C1CCC2C3CC=C4CC(OC(=O)CCCCCCCCCCCCCCC)CCC4(C)C3CC(O)C12C)C(C)C. The van der Waals surface area contributed by atoms with Crippen molar-refractivity contribution in [2.45, 2.75) is 201 Å². The number of allylic oxidation sites excluding steroid dienone is 2. The van der Waals surface area contributed by atoms with Crippen molar-refractivity contribution in [2.24, 2.45) is 46.3 Å². The fourth-order valence-corrected chi connectivity index (χ4v) is 11.1. The second kappa shape index (κ2) is 18.2. The molecule has 1 N–H and O–H groups in total. The van der Waals surface area contributed by atoms with Gasteiger partial charge in [0.05, 0.1) is 6.10 Å². The van der Waals surface area contributed by atoms with Crippen molar-refractivity contribution >= 4 is 5.97 Å². The molecule has 47 heavy (non-hydrogen) atoms. The van der Waals surface area contributed by atoms with Crippen molar-refractivity contribution in [2.75, 3.05) is 0 Å². The molecule has 0 aromatic carbocycles. The highest BCUT2D eigenvalue weighted by molar-refractivity contribution is 5.69. The Morgan fingerprint density at radius 1 is 0.894 bits per heavy atom. The van der Waals surface area contributed by atoms with E-state index in [1.54, 1.807) is 0 Å². The summed E-state index contributed by atoms with van der Waals surface area (Å²) in [6, 6.07) is 0. The largest absolute Gasteiger partial charge is 0.462 e. The van der Waals surface area contributed by atoms with E-state index in [-0.39, 0.29) is 29.0 Å². The van der Waals surface area contributed by atoms with E-state index in [1.165, 1.54) is 101 Å². The molecule has 3 saturated carbocycles. The Labute approximate surface area is 291 Å². The van der Waals surface area contributed by atoms with E-state index in [0.717, 1.165) is 51.4 Å². The fraction of sp³-hybridized carbons (Fsp3) is 0.886. The van der Waals surface area contributed by atoms with Gasteiger partial charge in [-0.1, -0.05) is 142 Å². The summed E-state index contributed by atoms with van der Waals surface area (Å²) in [5, 5.41) is 11.9. The normalized spacial score (nSPS) is 33.9. The van der Waals surface area contributed by atoms with E-state index in [9.17, 15) is 9.90 Å². The molecular formula is C44H76O3. The number of unbranched alkanes of at least 4 members (excludes halogenated alkanes) is 12. The number of rotatable bonds is 20. The summed E-state index contributed by atoms with van der Waals surface area (Å²) in [7, 11) is 0. The summed E-state index contributed by atoms with van der Waals surface area (Å²) in [4.78, 5) is 12.8. The molecule has 270 valence electrons. The maximum Gasteiger partial charge on any atom is 0.306 e. The van der Waals surface area contributed by atoms with E-state index < -0.39 is 0 Å². The topological polar surface area (TPSA) is 46.5 Å². The number of aliphatic hydroxyl groups is 1. The molecule has 4 aliphatic carbocycles. The molecule has 0 aliphatic heterocycles. The maximum atomic E-state index is 12.8. The zero-order valence-electron chi connectivity index (χ0n) is 31.9. The van der Waals surface area contributed by atoms with E-state index in [0.29, 0.717) is 41.9 Å². The Morgan fingerprint density at radius 3 is 2.13 bits per heavy atom. The van der Waals surface area contributed by atoms with Crippen LogP contribution < -0.4 is 0 Å².